The zero-order chi connectivity index (χ0) is 13.5. The zero-order valence-electron chi connectivity index (χ0n) is 10.7. The lowest BCUT2D eigenvalue weighted by molar-refractivity contribution is -0.138. The quantitative estimate of drug-likeness (QED) is 0.404. The lowest BCUT2D eigenvalue weighted by atomic mass is 9.82. The van der Waals surface area contributed by atoms with Crippen molar-refractivity contribution in [2.75, 3.05) is 0 Å². The number of rotatable bonds is 6. The molecular weight excluding hydrogens is 232 g/mol. The highest BCUT2D eigenvalue weighted by molar-refractivity contribution is 5.76. The fraction of sp³-hybridized carbons (Fsp3) is 0.833. The van der Waals surface area contributed by atoms with Crippen molar-refractivity contribution in [3.05, 3.63) is 0 Å². The first-order chi connectivity index (χ1) is 8.50. The molecule has 1 unspecified atom stereocenters. The number of guanidine groups is 1. The standard InChI is InChI=1S/C12H24N4O2/c13-9(11(17)18)6-7-10(16-12(14)15)8-4-2-1-3-5-8/h8-10H,1-7,13H2,(H,17,18)(H4,14,15,16)/t9-,10?/m0/s1. The molecule has 0 aromatic heterocycles. The molecule has 0 radical (unpaired) electrons. The van der Waals surface area contributed by atoms with E-state index < -0.39 is 12.0 Å². The van der Waals surface area contributed by atoms with E-state index in [1.165, 1.54) is 19.3 Å². The van der Waals surface area contributed by atoms with E-state index in [-0.39, 0.29) is 12.0 Å². The van der Waals surface area contributed by atoms with Crippen LogP contribution in [-0.4, -0.2) is 29.1 Å². The van der Waals surface area contributed by atoms with Crippen molar-refractivity contribution in [3.63, 3.8) is 0 Å². The first kappa shape index (κ1) is 14.8. The minimum atomic E-state index is -0.970. The molecule has 18 heavy (non-hydrogen) atoms. The number of carboxylic acids is 1. The molecule has 0 aromatic carbocycles. The van der Waals surface area contributed by atoms with Crippen LogP contribution in [0.15, 0.2) is 4.99 Å². The van der Waals surface area contributed by atoms with E-state index in [1.807, 2.05) is 0 Å². The van der Waals surface area contributed by atoms with Gasteiger partial charge in [0.25, 0.3) is 0 Å². The van der Waals surface area contributed by atoms with Crippen LogP contribution in [-0.2, 0) is 4.79 Å². The van der Waals surface area contributed by atoms with Crippen molar-refractivity contribution >= 4 is 11.9 Å². The normalized spacial score (nSPS) is 20.1. The highest BCUT2D eigenvalue weighted by Gasteiger charge is 2.24. The summed E-state index contributed by atoms with van der Waals surface area (Å²) in [4.78, 5) is 15.0. The minimum absolute atomic E-state index is 0.0145. The second kappa shape index (κ2) is 7.20. The van der Waals surface area contributed by atoms with E-state index in [9.17, 15) is 4.79 Å². The molecule has 0 aliphatic heterocycles. The second-order valence-electron chi connectivity index (χ2n) is 5.04. The number of nitrogens with two attached hydrogens (primary N) is 3. The van der Waals surface area contributed by atoms with Crippen LogP contribution in [0.5, 0.6) is 0 Å². The average molecular weight is 256 g/mol. The summed E-state index contributed by atoms with van der Waals surface area (Å²) in [7, 11) is 0. The van der Waals surface area contributed by atoms with Gasteiger partial charge in [0.15, 0.2) is 5.96 Å². The smallest absolute Gasteiger partial charge is 0.320 e. The average Bonchev–Trinajstić information content (AvgIpc) is 2.34. The molecule has 1 rings (SSSR count). The van der Waals surface area contributed by atoms with Crippen LogP contribution in [0.1, 0.15) is 44.9 Å². The molecule has 104 valence electrons. The van der Waals surface area contributed by atoms with Gasteiger partial charge >= 0.3 is 5.97 Å². The molecule has 0 spiro atoms. The molecule has 2 atom stereocenters. The molecule has 1 saturated carbocycles. The van der Waals surface area contributed by atoms with Gasteiger partial charge in [-0.3, -0.25) is 9.79 Å². The predicted molar refractivity (Wildman–Crippen MR) is 71.0 cm³/mol. The van der Waals surface area contributed by atoms with Gasteiger partial charge in [0.1, 0.15) is 6.04 Å². The van der Waals surface area contributed by atoms with Gasteiger partial charge in [0.2, 0.25) is 0 Å². The summed E-state index contributed by atoms with van der Waals surface area (Å²) in [5.41, 5.74) is 16.4. The van der Waals surface area contributed by atoms with Crippen LogP contribution >= 0.6 is 0 Å². The Hall–Kier alpha value is -1.30. The fourth-order valence-corrected chi connectivity index (χ4v) is 2.59. The van der Waals surface area contributed by atoms with Gasteiger partial charge in [0, 0.05) is 0 Å². The summed E-state index contributed by atoms with van der Waals surface area (Å²) in [6.45, 7) is 0. The molecule has 0 bridgehead atoms. The molecule has 0 amide bonds. The summed E-state index contributed by atoms with van der Waals surface area (Å²) in [5, 5.41) is 8.78. The summed E-state index contributed by atoms with van der Waals surface area (Å²) >= 11 is 0. The van der Waals surface area contributed by atoms with Crippen molar-refractivity contribution in [1.82, 2.24) is 0 Å². The maximum atomic E-state index is 10.7. The Morgan fingerprint density at radius 1 is 1.22 bits per heavy atom. The molecule has 6 nitrogen and oxygen atoms in total. The van der Waals surface area contributed by atoms with Crippen LogP contribution in [0.25, 0.3) is 0 Å². The van der Waals surface area contributed by atoms with E-state index in [0.717, 1.165) is 12.8 Å². The van der Waals surface area contributed by atoms with E-state index in [0.29, 0.717) is 18.8 Å². The monoisotopic (exact) mass is 256 g/mol. The molecule has 1 aliphatic rings. The van der Waals surface area contributed by atoms with E-state index in [4.69, 9.17) is 22.3 Å². The minimum Gasteiger partial charge on any atom is -0.480 e. The lowest BCUT2D eigenvalue weighted by Gasteiger charge is -2.28. The molecular formula is C12H24N4O2. The lowest BCUT2D eigenvalue weighted by Crippen LogP contribution is -2.34. The van der Waals surface area contributed by atoms with Crippen LogP contribution in [0.4, 0.5) is 0 Å². The Labute approximate surface area is 108 Å². The number of carbonyl (C=O) groups is 1. The highest BCUT2D eigenvalue weighted by Crippen LogP contribution is 2.30. The molecule has 0 saturated heterocycles. The van der Waals surface area contributed by atoms with E-state index in [2.05, 4.69) is 4.99 Å². The topological polar surface area (TPSA) is 128 Å². The van der Waals surface area contributed by atoms with Crippen molar-refractivity contribution in [2.24, 2.45) is 28.1 Å². The number of aliphatic imine (C=N–C) groups is 1. The van der Waals surface area contributed by atoms with Crippen LogP contribution in [0, 0.1) is 5.92 Å². The molecule has 1 aliphatic carbocycles. The Balaban J connectivity index is 2.55. The molecule has 0 aromatic rings. The number of hydrogen-bond acceptors (Lipinski definition) is 3. The molecule has 7 N–H and O–H groups in total. The predicted octanol–water partition coefficient (Wildman–Crippen LogP) is 0.401. The Morgan fingerprint density at radius 2 is 1.83 bits per heavy atom. The van der Waals surface area contributed by atoms with Crippen LogP contribution in [0.2, 0.25) is 0 Å². The SMILES string of the molecule is NC(N)=NC(CC[C@H](N)C(=O)O)C1CCCCC1. The van der Waals surface area contributed by atoms with E-state index >= 15 is 0 Å². The Morgan fingerprint density at radius 3 is 2.33 bits per heavy atom. The van der Waals surface area contributed by atoms with Gasteiger partial charge in [0.05, 0.1) is 6.04 Å². The summed E-state index contributed by atoms with van der Waals surface area (Å²) in [6.07, 6.45) is 6.94. The maximum Gasteiger partial charge on any atom is 0.320 e. The first-order valence-electron chi connectivity index (χ1n) is 6.58. The highest BCUT2D eigenvalue weighted by atomic mass is 16.4. The van der Waals surface area contributed by atoms with Gasteiger partial charge in [-0.2, -0.15) is 0 Å². The van der Waals surface area contributed by atoms with Crippen molar-refractivity contribution < 1.29 is 9.90 Å². The number of nitrogens with zero attached hydrogens (tertiary/aromatic N) is 1. The van der Waals surface area contributed by atoms with Crippen molar-refractivity contribution in [2.45, 2.75) is 57.0 Å². The molecule has 6 heteroatoms. The van der Waals surface area contributed by atoms with E-state index in [1.54, 1.807) is 0 Å². The van der Waals surface area contributed by atoms with Crippen molar-refractivity contribution in [3.8, 4) is 0 Å². The first-order valence-corrected chi connectivity index (χ1v) is 6.58. The third-order valence-corrected chi connectivity index (χ3v) is 3.60. The summed E-state index contributed by atoms with van der Waals surface area (Å²) in [5.74, 6) is -0.432. The Bertz CT molecular complexity index is 296. The fourth-order valence-electron chi connectivity index (χ4n) is 2.59. The van der Waals surface area contributed by atoms with Crippen molar-refractivity contribution in [1.29, 1.82) is 0 Å². The molecule has 1 fully saturated rings. The third kappa shape index (κ3) is 4.91. The van der Waals surface area contributed by atoms with Gasteiger partial charge in [-0.15, -0.1) is 0 Å². The Kier molecular flexibility index (Phi) is 5.91. The summed E-state index contributed by atoms with van der Waals surface area (Å²) in [6, 6.07) is -0.814. The zero-order valence-corrected chi connectivity index (χ0v) is 10.7. The third-order valence-electron chi connectivity index (χ3n) is 3.60. The molecule has 0 heterocycles. The van der Waals surface area contributed by atoms with Crippen LogP contribution < -0.4 is 17.2 Å². The number of aliphatic carboxylic acids is 1. The van der Waals surface area contributed by atoms with Gasteiger partial charge in [-0.25, -0.2) is 0 Å². The number of hydrogen-bond donors (Lipinski definition) is 4. The maximum absolute atomic E-state index is 10.7. The van der Waals surface area contributed by atoms with Gasteiger partial charge in [-0.1, -0.05) is 19.3 Å². The largest absolute Gasteiger partial charge is 0.480 e. The van der Waals surface area contributed by atoms with Gasteiger partial charge < -0.3 is 22.3 Å². The summed E-state index contributed by atoms with van der Waals surface area (Å²) < 4.78 is 0. The number of carboxylic acid groups (broad SMARTS) is 1. The van der Waals surface area contributed by atoms with Crippen LogP contribution in [0.3, 0.4) is 0 Å². The van der Waals surface area contributed by atoms with Gasteiger partial charge in [-0.05, 0) is 31.6 Å². The second-order valence-corrected chi connectivity index (χ2v) is 5.04.